The Balaban J connectivity index is 4.41. The first-order valence-electron chi connectivity index (χ1n) is 6.10. The molecule has 0 aromatic rings. The number of carboxylic acid groups (broad SMARTS) is 2. The number of carbonyl (C=O) groups is 3. The molecule has 0 aliphatic heterocycles. The van der Waals surface area contributed by atoms with Gasteiger partial charge in [0.05, 0.1) is 18.1 Å². The highest BCUT2D eigenvalue weighted by molar-refractivity contribution is 5.87. The fourth-order valence-electron chi connectivity index (χ4n) is 1.50. The van der Waals surface area contributed by atoms with Crippen LogP contribution in [0.15, 0.2) is 0 Å². The molecule has 0 fully saturated rings. The van der Waals surface area contributed by atoms with Gasteiger partial charge in [0, 0.05) is 6.54 Å². The number of hydrogen-bond donors (Lipinski definition) is 6. The van der Waals surface area contributed by atoms with Gasteiger partial charge in [0.15, 0.2) is 6.04 Å². The van der Waals surface area contributed by atoms with Gasteiger partial charge in [-0.15, -0.1) is 0 Å². The van der Waals surface area contributed by atoms with E-state index in [1.807, 2.05) is 0 Å². The number of carbonyl (C=O) groups excluding carboxylic acids is 1. The monoisotopic (exact) mass is 291 g/mol. The molecule has 1 amide bonds. The molecular weight excluding hydrogens is 270 g/mol. The van der Waals surface area contributed by atoms with Gasteiger partial charge in [-0.25, -0.2) is 4.79 Å². The molecule has 9 nitrogen and oxygen atoms in total. The number of rotatable bonds is 9. The molecule has 0 bridgehead atoms. The number of aliphatic hydroxyl groups excluding tert-OH is 1. The van der Waals surface area contributed by atoms with E-state index in [0.29, 0.717) is 0 Å². The summed E-state index contributed by atoms with van der Waals surface area (Å²) in [7, 11) is 0. The minimum absolute atomic E-state index is 0.0478. The maximum atomic E-state index is 11.6. The van der Waals surface area contributed by atoms with Crippen molar-refractivity contribution in [3.05, 3.63) is 0 Å². The summed E-state index contributed by atoms with van der Waals surface area (Å²) >= 11 is 0. The molecule has 0 rings (SSSR count). The number of nitrogens with one attached hydrogen (secondary N) is 1. The number of hydrogen-bond acceptors (Lipinski definition) is 6. The number of nitrogens with two attached hydrogens (primary N) is 2. The van der Waals surface area contributed by atoms with E-state index in [1.165, 1.54) is 6.92 Å². The number of aliphatic carboxylic acids is 2. The second-order valence-corrected chi connectivity index (χ2v) is 4.52. The molecular formula is C11H21N3O6. The van der Waals surface area contributed by atoms with Crippen LogP contribution in [0.25, 0.3) is 0 Å². The topological polar surface area (TPSA) is 176 Å². The summed E-state index contributed by atoms with van der Waals surface area (Å²) in [6.45, 7) is 1.15. The summed E-state index contributed by atoms with van der Waals surface area (Å²) in [6, 6.07) is -2.53. The summed E-state index contributed by atoms with van der Waals surface area (Å²) in [4.78, 5) is 33.2. The van der Waals surface area contributed by atoms with Crippen LogP contribution in [0.4, 0.5) is 0 Å². The Hall–Kier alpha value is -1.71. The maximum absolute atomic E-state index is 11.6. The Morgan fingerprint density at radius 1 is 1.15 bits per heavy atom. The molecule has 0 heterocycles. The second kappa shape index (κ2) is 8.46. The Kier molecular flexibility index (Phi) is 7.74. The van der Waals surface area contributed by atoms with Gasteiger partial charge in [0.2, 0.25) is 5.91 Å². The second-order valence-electron chi connectivity index (χ2n) is 4.52. The van der Waals surface area contributed by atoms with Crippen molar-refractivity contribution in [3.8, 4) is 0 Å². The Morgan fingerprint density at radius 3 is 2.05 bits per heavy atom. The summed E-state index contributed by atoms with van der Waals surface area (Å²) in [5, 5.41) is 28.9. The van der Waals surface area contributed by atoms with E-state index in [-0.39, 0.29) is 19.4 Å². The third kappa shape index (κ3) is 5.95. The first-order chi connectivity index (χ1) is 9.20. The van der Waals surface area contributed by atoms with Crippen molar-refractivity contribution in [2.75, 3.05) is 6.54 Å². The quantitative estimate of drug-likeness (QED) is 0.275. The first kappa shape index (κ1) is 18.3. The van der Waals surface area contributed by atoms with Gasteiger partial charge in [-0.1, -0.05) is 0 Å². The number of aliphatic hydroxyl groups is 1. The fourth-order valence-corrected chi connectivity index (χ4v) is 1.50. The molecule has 20 heavy (non-hydrogen) atoms. The van der Waals surface area contributed by atoms with Crippen LogP contribution >= 0.6 is 0 Å². The first-order valence-corrected chi connectivity index (χ1v) is 6.10. The van der Waals surface area contributed by atoms with E-state index in [4.69, 9.17) is 21.7 Å². The fraction of sp³-hybridized carbons (Fsp3) is 0.727. The van der Waals surface area contributed by atoms with E-state index < -0.39 is 42.0 Å². The summed E-state index contributed by atoms with van der Waals surface area (Å²) in [5.41, 5.74) is 10.8. The maximum Gasteiger partial charge on any atom is 0.328 e. The highest BCUT2D eigenvalue weighted by Crippen LogP contribution is 2.07. The average molecular weight is 291 g/mol. The van der Waals surface area contributed by atoms with Crippen LogP contribution in [0, 0.1) is 5.92 Å². The lowest BCUT2D eigenvalue weighted by Crippen LogP contribution is -2.52. The van der Waals surface area contributed by atoms with E-state index >= 15 is 0 Å². The van der Waals surface area contributed by atoms with E-state index in [0.717, 1.165) is 0 Å². The SMILES string of the molecule is C[C@@H](O)[C@H](NC(=O)[C@@H](N)CCC(CN)C(=O)O)C(=O)O. The van der Waals surface area contributed by atoms with Gasteiger partial charge in [0.1, 0.15) is 0 Å². The van der Waals surface area contributed by atoms with Crippen LogP contribution in [-0.2, 0) is 14.4 Å². The normalized spacial score (nSPS) is 16.8. The molecule has 8 N–H and O–H groups in total. The summed E-state index contributed by atoms with van der Waals surface area (Å²) in [5.74, 6) is -4.03. The highest BCUT2D eigenvalue weighted by Gasteiger charge is 2.27. The van der Waals surface area contributed by atoms with Gasteiger partial charge in [-0.05, 0) is 19.8 Å². The predicted molar refractivity (Wildman–Crippen MR) is 68.6 cm³/mol. The lowest BCUT2D eigenvalue weighted by Gasteiger charge is -2.20. The number of carboxylic acids is 2. The van der Waals surface area contributed by atoms with Gasteiger partial charge in [-0.2, -0.15) is 0 Å². The molecule has 1 unspecified atom stereocenters. The molecule has 0 aliphatic rings. The molecule has 0 saturated heterocycles. The molecule has 0 saturated carbocycles. The molecule has 116 valence electrons. The van der Waals surface area contributed by atoms with Crippen LogP contribution in [0.5, 0.6) is 0 Å². The lowest BCUT2D eigenvalue weighted by atomic mass is 10.00. The molecule has 0 aliphatic carbocycles. The molecule has 9 heteroatoms. The molecule has 0 radical (unpaired) electrons. The zero-order valence-electron chi connectivity index (χ0n) is 11.2. The van der Waals surface area contributed by atoms with Crippen LogP contribution in [0.3, 0.4) is 0 Å². The van der Waals surface area contributed by atoms with E-state index in [9.17, 15) is 19.5 Å². The van der Waals surface area contributed by atoms with Crippen molar-refractivity contribution in [1.29, 1.82) is 0 Å². The molecule has 0 aromatic carbocycles. The molecule has 0 spiro atoms. The van der Waals surface area contributed by atoms with Crippen molar-refractivity contribution in [1.82, 2.24) is 5.32 Å². The van der Waals surface area contributed by atoms with E-state index in [2.05, 4.69) is 5.32 Å². The van der Waals surface area contributed by atoms with Gasteiger partial charge in [-0.3, -0.25) is 9.59 Å². The smallest absolute Gasteiger partial charge is 0.328 e. The average Bonchev–Trinajstić information content (AvgIpc) is 2.34. The Bertz CT molecular complexity index is 360. The van der Waals surface area contributed by atoms with Crippen LogP contribution < -0.4 is 16.8 Å². The zero-order valence-corrected chi connectivity index (χ0v) is 11.2. The van der Waals surface area contributed by atoms with Gasteiger partial charge >= 0.3 is 11.9 Å². The van der Waals surface area contributed by atoms with Crippen molar-refractivity contribution >= 4 is 17.8 Å². The summed E-state index contributed by atoms with van der Waals surface area (Å²) in [6.07, 6.45) is -1.13. The third-order valence-electron chi connectivity index (χ3n) is 2.84. The Labute approximate surface area is 115 Å². The minimum atomic E-state index is -1.46. The van der Waals surface area contributed by atoms with Crippen LogP contribution in [0.1, 0.15) is 19.8 Å². The van der Waals surface area contributed by atoms with Crippen LogP contribution in [-0.4, -0.2) is 57.9 Å². The standard InChI is InChI=1S/C11H21N3O6/c1-5(15)8(11(19)20)14-9(16)7(13)3-2-6(4-12)10(17)18/h5-8,15H,2-4,12-13H2,1H3,(H,14,16)(H,17,18)(H,19,20)/t5-,6?,7+,8+/m1/s1. The number of amides is 1. The highest BCUT2D eigenvalue weighted by atomic mass is 16.4. The molecule has 0 aromatic heterocycles. The van der Waals surface area contributed by atoms with Crippen molar-refractivity contribution in [2.24, 2.45) is 17.4 Å². The minimum Gasteiger partial charge on any atom is -0.481 e. The van der Waals surface area contributed by atoms with Crippen molar-refractivity contribution in [2.45, 2.75) is 38.0 Å². The third-order valence-corrected chi connectivity index (χ3v) is 2.84. The van der Waals surface area contributed by atoms with Crippen molar-refractivity contribution < 1.29 is 29.7 Å². The zero-order chi connectivity index (χ0) is 15.9. The Morgan fingerprint density at radius 2 is 1.70 bits per heavy atom. The summed E-state index contributed by atoms with van der Waals surface area (Å²) < 4.78 is 0. The largest absolute Gasteiger partial charge is 0.481 e. The molecule has 4 atom stereocenters. The predicted octanol–water partition coefficient (Wildman–Crippen LogP) is -2.30. The van der Waals surface area contributed by atoms with Gasteiger partial charge in [0.25, 0.3) is 0 Å². The van der Waals surface area contributed by atoms with E-state index in [1.54, 1.807) is 0 Å². The van der Waals surface area contributed by atoms with Crippen LogP contribution in [0.2, 0.25) is 0 Å². The van der Waals surface area contributed by atoms with Crippen molar-refractivity contribution in [3.63, 3.8) is 0 Å². The lowest BCUT2D eigenvalue weighted by molar-refractivity contribution is -0.145. The van der Waals surface area contributed by atoms with Gasteiger partial charge < -0.3 is 32.1 Å².